The van der Waals surface area contributed by atoms with Crippen LogP contribution in [0.1, 0.15) is 51.6 Å². The summed E-state index contributed by atoms with van der Waals surface area (Å²) < 4.78 is 16.9. The summed E-state index contributed by atoms with van der Waals surface area (Å²) in [6.45, 7) is 20.4. The maximum absolute atomic E-state index is 12.0. The van der Waals surface area contributed by atoms with E-state index >= 15 is 0 Å². The van der Waals surface area contributed by atoms with Gasteiger partial charge in [0.25, 0.3) is 5.91 Å². The van der Waals surface area contributed by atoms with Gasteiger partial charge in [0.1, 0.15) is 25.0 Å². The maximum atomic E-state index is 12.0. The van der Waals surface area contributed by atoms with Crippen LogP contribution in [0.5, 0.6) is 5.75 Å². The van der Waals surface area contributed by atoms with Gasteiger partial charge in [0, 0.05) is 31.2 Å². The number of alkyl halides is 3. The molecule has 0 saturated heterocycles. The van der Waals surface area contributed by atoms with Gasteiger partial charge in [0.15, 0.2) is 4.84 Å². The van der Waals surface area contributed by atoms with Gasteiger partial charge in [0.05, 0.1) is 21.4 Å². The van der Waals surface area contributed by atoms with Crippen molar-refractivity contribution in [2.75, 3.05) is 43.8 Å². The lowest BCUT2D eigenvalue weighted by Gasteiger charge is -2.25. The molecular weight excluding hydrogens is 774 g/mol. The highest BCUT2D eigenvalue weighted by molar-refractivity contribution is 6.53. The SMILES string of the molecule is C#CCOc1cc(-n2nc(C(C)(C)C)oc2=O)c(Cl)cc1Cl.C=CCN(CC=C)C(=O)C(Cl)Cl.CCOCN(C(=O)CCl)c1c(C)cccc1CC. The summed E-state index contributed by atoms with van der Waals surface area (Å²) in [6, 6.07) is 8.99. The van der Waals surface area contributed by atoms with E-state index in [0.717, 1.165) is 27.9 Å². The highest BCUT2D eigenvalue weighted by Crippen LogP contribution is 2.33. The molecule has 2 aromatic carbocycles. The number of carbonyl (C=O) groups is 2. The first-order valence-electron chi connectivity index (χ1n) is 16.0. The van der Waals surface area contributed by atoms with Crippen LogP contribution in [0.3, 0.4) is 0 Å². The van der Waals surface area contributed by atoms with E-state index in [1.165, 1.54) is 17.0 Å². The normalized spacial score (nSPS) is 10.6. The van der Waals surface area contributed by atoms with E-state index in [0.29, 0.717) is 37.0 Å². The minimum absolute atomic E-state index is 0.0371. The Morgan fingerprint density at radius 2 is 1.75 bits per heavy atom. The summed E-state index contributed by atoms with van der Waals surface area (Å²) in [5.41, 5.74) is 3.02. The Hall–Kier alpha value is -3.43. The first kappa shape index (κ1) is 46.6. The monoisotopic (exact) mass is 816 g/mol. The number of hydrogen-bond donors (Lipinski definition) is 0. The number of para-hydroxylation sites is 1. The molecule has 0 aliphatic heterocycles. The molecule has 0 aliphatic carbocycles. The number of benzene rings is 2. The van der Waals surface area contributed by atoms with Gasteiger partial charge in [-0.05, 0) is 37.5 Å². The molecule has 0 N–H and O–H groups in total. The lowest BCUT2D eigenvalue weighted by molar-refractivity contribution is -0.128. The number of halogens is 5. The molecule has 10 nitrogen and oxygen atoms in total. The van der Waals surface area contributed by atoms with Crippen LogP contribution in [0.4, 0.5) is 5.69 Å². The molecule has 15 heteroatoms. The van der Waals surface area contributed by atoms with Crippen molar-refractivity contribution in [1.29, 1.82) is 0 Å². The molecule has 0 saturated carbocycles. The highest BCUT2D eigenvalue weighted by atomic mass is 35.5. The molecule has 1 heterocycles. The quantitative estimate of drug-likeness (QED) is 0.0695. The fourth-order valence-electron chi connectivity index (χ4n) is 4.26. The third-order valence-electron chi connectivity index (χ3n) is 6.74. The van der Waals surface area contributed by atoms with Gasteiger partial charge in [-0.3, -0.25) is 14.5 Å². The van der Waals surface area contributed by atoms with E-state index in [1.807, 2.05) is 52.8 Å². The molecule has 3 aromatic rings. The van der Waals surface area contributed by atoms with Gasteiger partial charge >= 0.3 is 5.76 Å². The minimum atomic E-state index is -1.01. The summed E-state index contributed by atoms with van der Waals surface area (Å²) in [6.07, 6.45) is 9.24. The Balaban J connectivity index is 0.000000408. The highest BCUT2D eigenvalue weighted by Gasteiger charge is 2.24. The van der Waals surface area contributed by atoms with Gasteiger partial charge < -0.3 is 18.8 Å². The van der Waals surface area contributed by atoms with E-state index in [4.69, 9.17) is 78.3 Å². The van der Waals surface area contributed by atoms with Crippen LogP contribution in [0.25, 0.3) is 5.69 Å². The van der Waals surface area contributed by atoms with Crippen molar-refractivity contribution in [3.05, 3.63) is 93.3 Å². The smallest absolute Gasteiger partial charge is 0.442 e. The van der Waals surface area contributed by atoms with Crippen molar-refractivity contribution in [3.8, 4) is 23.8 Å². The second-order valence-corrected chi connectivity index (χ2v) is 13.9. The molecule has 0 fully saturated rings. The maximum Gasteiger partial charge on any atom is 0.442 e. The molecule has 2 amide bonds. The van der Waals surface area contributed by atoms with Crippen LogP contribution in [0.2, 0.25) is 10.0 Å². The van der Waals surface area contributed by atoms with Crippen molar-refractivity contribution in [3.63, 3.8) is 0 Å². The van der Waals surface area contributed by atoms with E-state index in [9.17, 15) is 14.4 Å². The number of nitrogens with zero attached hydrogens (tertiary/aromatic N) is 4. The number of hydrogen-bond acceptors (Lipinski definition) is 7. The number of ether oxygens (including phenoxy) is 2. The molecule has 0 atom stereocenters. The van der Waals surface area contributed by atoms with Crippen LogP contribution < -0.4 is 15.4 Å². The second kappa shape index (κ2) is 23.3. The van der Waals surface area contributed by atoms with Crippen molar-refractivity contribution in [2.45, 2.75) is 58.2 Å². The number of carbonyl (C=O) groups excluding carboxylic acids is 2. The van der Waals surface area contributed by atoms with Crippen molar-refractivity contribution in [2.24, 2.45) is 0 Å². The van der Waals surface area contributed by atoms with E-state index in [1.54, 1.807) is 17.1 Å². The standard InChI is InChI=1S/C15H14Cl2N2O3.C14H20ClNO2.C8H11Cl2NO/c1-5-6-21-12-8-11(9(16)7-10(12)17)19-14(20)22-13(18-19)15(2,3)4;1-4-12-8-6-7-11(3)14(12)16(10-18-5-2)13(17)9-15;1-3-5-11(6-4-2)8(12)7(9)10/h1,7-8H,6H2,2-4H3;6-8H,4-5,9-10H2,1-3H3;3-4,7H,1-2,5-6H2. The first-order valence-corrected chi connectivity index (χ1v) is 18.2. The molecule has 1 aromatic heterocycles. The molecule has 284 valence electrons. The number of anilines is 1. The van der Waals surface area contributed by atoms with E-state index in [2.05, 4.69) is 31.1 Å². The summed E-state index contributed by atoms with van der Waals surface area (Å²) in [7, 11) is 0. The zero-order chi connectivity index (χ0) is 39.6. The summed E-state index contributed by atoms with van der Waals surface area (Å²) in [4.78, 5) is 37.2. The largest absolute Gasteiger partial charge is 0.479 e. The van der Waals surface area contributed by atoms with E-state index < -0.39 is 16.0 Å². The zero-order valence-corrected chi connectivity index (χ0v) is 34.0. The molecule has 0 unspecified atom stereocenters. The Bertz CT molecular complexity index is 1730. The topological polar surface area (TPSA) is 107 Å². The van der Waals surface area contributed by atoms with Gasteiger partial charge in [-0.2, -0.15) is 4.68 Å². The third kappa shape index (κ3) is 14.2. The molecular formula is C37H45Cl5N4O6. The Morgan fingerprint density at radius 1 is 1.12 bits per heavy atom. The molecule has 0 spiro atoms. The number of rotatable bonds is 14. The minimum Gasteiger partial charge on any atom is -0.479 e. The molecule has 52 heavy (non-hydrogen) atoms. The predicted molar refractivity (Wildman–Crippen MR) is 213 cm³/mol. The first-order chi connectivity index (χ1) is 24.5. The van der Waals surface area contributed by atoms with Gasteiger partial charge in [-0.1, -0.05) is 110 Å². The molecule has 3 rings (SSSR count). The molecule has 0 radical (unpaired) electrons. The summed E-state index contributed by atoms with van der Waals surface area (Å²) >= 11 is 28.7. The van der Waals surface area contributed by atoms with Crippen LogP contribution in [-0.4, -0.2) is 70.2 Å². The number of terminal acetylenes is 1. The zero-order valence-electron chi connectivity index (χ0n) is 30.2. The van der Waals surface area contributed by atoms with Crippen molar-refractivity contribution < 1.29 is 23.5 Å². The molecule has 0 aliphatic rings. The van der Waals surface area contributed by atoms with Crippen molar-refractivity contribution in [1.82, 2.24) is 14.7 Å². The Kier molecular flexibility index (Phi) is 20.9. The predicted octanol–water partition coefficient (Wildman–Crippen LogP) is 8.56. The fraction of sp³-hybridized carbons (Fsp3) is 0.405. The lowest BCUT2D eigenvalue weighted by atomic mass is 9.97. The Labute approximate surface area is 331 Å². The number of aryl methyl sites for hydroxylation is 2. The van der Waals surface area contributed by atoms with Crippen LogP contribution >= 0.6 is 58.0 Å². The third-order valence-corrected chi connectivity index (χ3v) is 7.94. The van der Waals surface area contributed by atoms with Gasteiger partial charge in [0.2, 0.25) is 11.8 Å². The van der Waals surface area contributed by atoms with Crippen LogP contribution in [-0.2, 0) is 26.2 Å². The average molecular weight is 819 g/mol. The number of amides is 2. The summed E-state index contributed by atoms with van der Waals surface area (Å²) in [5.74, 6) is 1.82. The number of aromatic nitrogens is 2. The molecule has 0 bridgehead atoms. The van der Waals surface area contributed by atoms with Crippen LogP contribution in [0, 0.1) is 19.3 Å². The second-order valence-electron chi connectivity index (χ2n) is 11.7. The van der Waals surface area contributed by atoms with E-state index in [-0.39, 0.29) is 41.1 Å². The van der Waals surface area contributed by atoms with Gasteiger partial charge in [-0.25, -0.2) is 4.79 Å². The Morgan fingerprint density at radius 3 is 2.23 bits per heavy atom. The average Bonchev–Trinajstić information content (AvgIpc) is 3.50. The fourth-order valence-corrected chi connectivity index (χ4v) is 5.19. The van der Waals surface area contributed by atoms with Crippen LogP contribution in [0.15, 0.2) is 64.9 Å². The van der Waals surface area contributed by atoms with Crippen molar-refractivity contribution >= 4 is 75.5 Å². The lowest BCUT2D eigenvalue weighted by Crippen LogP contribution is -2.35. The van der Waals surface area contributed by atoms with Gasteiger partial charge in [-0.15, -0.1) is 36.3 Å². The summed E-state index contributed by atoms with van der Waals surface area (Å²) in [5, 5.41) is 4.71.